The van der Waals surface area contributed by atoms with Crippen LogP contribution in [0.4, 0.5) is 24.5 Å². The van der Waals surface area contributed by atoms with Crippen molar-refractivity contribution in [3.63, 3.8) is 0 Å². The Labute approximate surface area is 261 Å². The summed E-state index contributed by atoms with van der Waals surface area (Å²) in [5, 5.41) is 17.0. The molecule has 235 valence electrons. The maximum Gasteiger partial charge on any atom is 0.416 e. The van der Waals surface area contributed by atoms with Crippen LogP contribution in [0.5, 0.6) is 0 Å². The van der Waals surface area contributed by atoms with Gasteiger partial charge in [0.1, 0.15) is 0 Å². The van der Waals surface area contributed by atoms with Crippen LogP contribution in [0.2, 0.25) is 0 Å². The van der Waals surface area contributed by atoms with E-state index in [4.69, 9.17) is 6.58 Å². The van der Waals surface area contributed by atoms with Crippen molar-refractivity contribution in [2.45, 2.75) is 31.3 Å². The Morgan fingerprint density at radius 2 is 1.56 bits per heavy atom. The molecule has 3 N–H and O–H groups in total. The number of carbonyl (C=O) groups excluding carboxylic acids is 1. The molecule has 0 aliphatic rings. The molecule has 0 fully saturated rings. The lowest BCUT2D eigenvalue weighted by molar-refractivity contribution is -0.137. The predicted molar refractivity (Wildman–Crippen MR) is 169 cm³/mol. The van der Waals surface area contributed by atoms with Crippen LogP contribution in [0, 0.1) is 6.58 Å². The van der Waals surface area contributed by atoms with E-state index in [9.17, 15) is 31.5 Å². The van der Waals surface area contributed by atoms with Gasteiger partial charge in [-0.2, -0.15) is 13.2 Å². The third-order valence-corrected chi connectivity index (χ3v) is 8.05. The number of para-hydroxylation sites is 1. The number of amides is 1. The standard InChI is InChI=1S/C34H33F3N3O4S/c1-3-24-17-27(21-30(19-24)40(45(2,43)44)29-15-8-5-9-16-29)33(42)39-31(20-25-11-6-4-7-12-25)32(41)23-38-22-26-13-10-14-28(18-26)34(35,36)37/h1,3-19,21,31-32,38,41H,20,22-23H2,2H3,(H,39,42)/t31-,32+/m0/s1. The Kier molecular flexibility index (Phi) is 10.8. The number of nitrogens with zero attached hydrogens (tertiary/aromatic N) is 1. The Morgan fingerprint density at radius 1 is 0.911 bits per heavy atom. The summed E-state index contributed by atoms with van der Waals surface area (Å²) in [6.07, 6.45) is -3.07. The lowest BCUT2D eigenvalue weighted by Gasteiger charge is -2.26. The van der Waals surface area contributed by atoms with E-state index in [1.807, 2.05) is 30.3 Å². The van der Waals surface area contributed by atoms with Gasteiger partial charge in [0.2, 0.25) is 10.0 Å². The first kappa shape index (κ1) is 33.4. The van der Waals surface area contributed by atoms with E-state index in [1.54, 1.807) is 42.5 Å². The number of rotatable bonds is 13. The van der Waals surface area contributed by atoms with Crippen molar-refractivity contribution in [3.05, 3.63) is 138 Å². The molecule has 2 atom stereocenters. The average molecular weight is 637 g/mol. The lowest BCUT2D eigenvalue weighted by Crippen LogP contribution is -2.48. The molecular formula is C34H33F3N3O4S. The zero-order valence-corrected chi connectivity index (χ0v) is 25.2. The van der Waals surface area contributed by atoms with Gasteiger partial charge in [0.05, 0.1) is 35.3 Å². The predicted octanol–water partition coefficient (Wildman–Crippen LogP) is 5.74. The van der Waals surface area contributed by atoms with Gasteiger partial charge >= 0.3 is 6.18 Å². The first-order chi connectivity index (χ1) is 21.3. The Morgan fingerprint density at radius 3 is 2.18 bits per heavy atom. The lowest BCUT2D eigenvalue weighted by atomic mass is 10.00. The Balaban J connectivity index is 1.57. The quantitative estimate of drug-likeness (QED) is 0.174. The number of nitrogens with one attached hydrogen (secondary N) is 2. The monoisotopic (exact) mass is 636 g/mol. The molecule has 11 heteroatoms. The molecule has 0 bridgehead atoms. The molecule has 1 amide bonds. The summed E-state index contributed by atoms with van der Waals surface area (Å²) in [6, 6.07) is 26.1. The van der Waals surface area contributed by atoms with Crippen LogP contribution in [0.1, 0.15) is 32.6 Å². The maximum atomic E-state index is 13.6. The van der Waals surface area contributed by atoms with Gasteiger partial charge in [0.15, 0.2) is 0 Å². The van der Waals surface area contributed by atoms with E-state index in [-0.39, 0.29) is 30.8 Å². The molecule has 0 spiro atoms. The number of anilines is 2. The molecule has 4 rings (SSSR count). The van der Waals surface area contributed by atoms with Crippen LogP contribution in [-0.2, 0) is 29.2 Å². The Hall–Kier alpha value is -4.45. The molecule has 7 nitrogen and oxygen atoms in total. The number of aliphatic hydroxyl groups is 1. The van der Waals surface area contributed by atoms with Gasteiger partial charge in [-0.25, -0.2) is 12.7 Å². The van der Waals surface area contributed by atoms with Crippen molar-refractivity contribution >= 4 is 33.4 Å². The number of hydrogen-bond donors (Lipinski definition) is 3. The van der Waals surface area contributed by atoms with Gasteiger partial charge in [-0.1, -0.05) is 79.4 Å². The van der Waals surface area contributed by atoms with Gasteiger partial charge in [-0.3, -0.25) is 4.79 Å². The van der Waals surface area contributed by atoms with Crippen molar-refractivity contribution in [3.8, 4) is 0 Å². The van der Waals surface area contributed by atoms with Crippen molar-refractivity contribution in [2.75, 3.05) is 17.1 Å². The molecule has 0 aliphatic heterocycles. The van der Waals surface area contributed by atoms with E-state index in [1.165, 1.54) is 24.3 Å². The summed E-state index contributed by atoms with van der Waals surface area (Å²) in [5.74, 6) is -0.584. The number of alkyl halides is 3. The highest BCUT2D eigenvalue weighted by atomic mass is 32.2. The molecular weight excluding hydrogens is 603 g/mol. The smallest absolute Gasteiger partial charge is 0.390 e. The van der Waals surface area contributed by atoms with E-state index in [0.717, 1.165) is 28.3 Å². The second-order valence-electron chi connectivity index (χ2n) is 10.5. The average Bonchev–Trinajstić information content (AvgIpc) is 3.00. The van der Waals surface area contributed by atoms with Crippen LogP contribution in [0.3, 0.4) is 0 Å². The minimum Gasteiger partial charge on any atom is -0.390 e. The summed E-state index contributed by atoms with van der Waals surface area (Å²) >= 11 is 0. The minimum absolute atomic E-state index is 0.0360. The molecule has 0 unspecified atom stereocenters. The first-order valence-corrected chi connectivity index (χ1v) is 15.8. The molecule has 4 aromatic rings. The van der Waals surface area contributed by atoms with Crippen LogP contribution in [0.15, 0.2) is 103 Å². The highest BCUT2D eigenvalue weighted by Crippen LogP contribution is 2.31. The third kappa shape index (κ3) is 9.27. The van der Waals surface area contributed by atoms with E-state index >= 15 is 0 Å². The minimum atomic E-state index is -4.47. The third-order valence-electron chi connectivity index (χ3n) is 6.97. The molecule has 4 aromatic carbocycles. The number of benzene rings is 4. The highest BCUT2D eigenvalue weighted by Gasteiger charge is 2.30. The fourth-order valence-corrected chi connectivity index (χ4v) is 5.83. The van der Waals surface area contributed by atoms with E-state index in [0.29, 0.717) is 16.8 Å². The zero-order chi connectivity index (χ0) is 32.6. The summed E-state index contributed by atoms with van der Waals surface area (Å²) in [5.41, 5.74) is 1.50. The molecule has 1 radical (unpaired) electrons. The van der Waals surface area contributed by atoms with Crippen molar-refractivity contribution in [1.82, 2.24) is 10.6 Å². The Bertz CT molecular complexity index is 1720. The van der Waals surface area contributed by atoms with E-state index < -0.39 is 39.8 Å². The van der Waals surface area contributed by atoms with Gasteiger partial charge < -0.3 is 15.7 Å². The second-order valence-corrected chi connectivity index (χ2v) is 12.3. The van der Waals surface area contributed by atoms with Gasteiger partial charge in [-0.05, 0) is 59.5 Å². The summed E-state index contributed by atoms with van der Waals surface area (Å²) < 4.78 is 66.1. The van der Waals surface area contributed by atoms with E-state index in [2.05, 4.69) is 10.6 Å². The van der Waals surface area contributed by atoms with Crippen LogP contribution in [0.25, 0.3) is 6.08 Å². The van der Waals surface area contributed by atoms with Gasteiger partial charge in [0, 0.05) is 18.7 Å². The summed E-state index contributed by atoms with van der Waals surface area (Å²) in [4.78, 5) is 13.6. The van der Waals surface area contributed by atoms with Crippen molar-refractivity contribution < 1.29 is 31.5 Å². The number of carbonyl (C=O) groups is 1. The number of aliphatic hydroxyl groups excluding tert-OH is 1. The molecule has 0 aromatic heterocycles. The number of hydrogen-bond acceptors (Lipinski definition) is 5. The van der Waals surface area contributed by atoms with Crippen molar-refractivity contribution in [1.29, 1.82) is 0 Å². The summed E-state index contributed by atoms with van der Waals surface area (Å²) in [6.45, 7) is 5.81. The molecule has 0 aliphatic carbocycles. The molecule has 0 heterocycles. The van der Waals surface area contributed by atoms with Crippen LogP contribution >= 0.6 is 0 Å². The largest absolute Gasteiger partial charge is 0.416 e. The highest BCUT2D eigenvalue weighted by molar-refractivity contribution is 7.92. The van der Waals surface area contributed by atoms with Crippen LogP contribution < -0.4 is 14.9 Å². The summed E-state index contributed by atoms with van der Waals surface area (Å²) in [7, 11) is -3.82. The normalized spacial score (nSPS) is 13.1. The molecule has 45 heavy (non-hydrogen) atoms. The van der Waals surface area contributed by atoms with Crippen LogP contribution in [-0.4, -0.2) is 44.4 Å². The second kappa shape index (κ2) is 14.6. The first-order valence-electron chi connectivity index (χ1n) is 14.0. The van der Waals surface area contributed by atoms with Gasteiger partial charge in [0.25, 0.3) is 5.91 Å². The maximum absolute atomic E-state index is 13.6. The fraction of sp³-hybridized carbons (Fsp3) is 0.206. The molecule has 0 saturated carbocycles. The number of sulfonamides is 1. The molecule has 0 saturated heterocycles. The zero-order valence-electron chi connectivity index (χ0n) is 24.4. The van der Waals surface area contributed by atoms with Crippen molar-refractivity contribution in [2.24, 2.45) is 0 Å². The fourth-order valence-electron chi connectivity index (χ4n) is 4.84. The number of halogens is 3. The van der Waals surface area contributed by atoms with Gasteiger partial charge in [-0.15, -0.1) is 0 Å². The SMILES string of the molecule is [CH]=Cc1cc(C(=O)N[C@@H](Cc2ccccc2)[C@H](O)CNCc2cccc(C(F)(F)F)c2)cc(N(c2ccccc2)S(C)(=O)=O)c1. The topological polar surface area (TPSA) is 98.7 Å².